The number of alkyl halides is 3. The number of halogens is 3. The molecule has 0 atom stereocenters. The van der Waals surface area contributed by atoms with Crippen LogP contribution in [-0.2, 0) is 6.18 Å². The molecule has 1 nitrogen and oxygen atoms in total. The lowest BCUT2D eigenvalue weighted by molar-refractivity contribution is -0.137. The molecule has 0 radical (unpaired) electrons. The molecule has 0 saturated heterocycles. The van der Waals surface area contributed by atoms with E-state index in [9.17, 15) is 13.2 Å². The van der Waals surface area contributed by atoms with Crippen molar-refractivity contribution < 1.29 is 13.2 Å². The summed E-state index contributed by atoms with van der Waals surface area (Å²) in [6, 6.07) is 5.63. The third-order valence-electron chi connectivity index (χ3n) is 3.55. The normalized spacial score (nSPS) is 17.7. The predicted molar refractivity (Wildman–Crippen MR) is 79.9 cm³/mol. The number of nitrogens with zero attached hydrogens (tertiary/aromatic N) is 1. The van der Waals surface area contributed by atoms with Crippen LogP contribution in [0.25, 0.3) is 5.57 Å². The summed E-state index contributed by atoms with van der Waals surface area (Å²) in [4.78, 5) is 2.34. The minimum atomic E-state index is -4.27. The molecular weight excluding hydrogens is 275 g/mol. The standard InChI is InChI=1S/C17H22F3N/c1-16(2,3)12-21-9-7-13(8-10-21)14-5-4-6-15(11-14)17(18,19)20/h4-7,11H,8-10,12H2,1-3H3. The second kappa shape index (κ2) is 5.84. The van der Waals surface area contributed by atoms with Crippen molar-refractivity contribution in [3.8, 4) is 0 Å². The van der Waals surface area contributed by atoms with Crippen molar-refractivity contribution in [2.75, 3.05) is 19.6 Å². The second-order valence-electron chi connectivity index (χ2n) is 6.85. The Bertz CT molecular complexity index is 524. The highest BCUT2D eigenvalue weighted by atomic mass is 19.4. The largest absolute Gasteiger partial charge is 0.416 e. The van der Waals surface area contributed by atoms with Gasteiger partial charge in [-0.3, -0.25) is 4.90 Å². The third-order valence-corrected chi connectivity index (χ3v) is 3.55. The second-order valence-corrected chi connectivity index (χ2v) is 6.85. The van der Waals surface area contributed by atoms with Gasteiger partial charge in [-0.25, -0.2) is 0 Å². The van der Waals surface area contributed by atoms with E-state index < -0.39 is 11.7 Å². The average molecular weight is 297 g/mol. The molecule has 0 unspecified atom stereocenters. The fourth-order valence-electron chi connectivity index (χ4n) is 2.68. The van der Waals surface area contributed by atoms with E-state index in [1.54, 1.807) is 6.07 Å². The smallest absolute Gasteiger partial charge is 0.299 e. The Hall–Kier alpha value is -1.29. The highest BCUT2D eigenvalue weighted by Crippen LogP contribution is 2.32. The van der Waals surface area contributed by atoms with E-state index in [1.165, 1.54) is 12.1 Å². The van der Waals surface area contributed by atoms with Gasteiger partial charge in [0.15, 0.2) is 0 Å². The molecule has 0 fully saturated rings. The molecule has 4 heteroatoms. The molecule has 1 aromatic rings. The fourth-order valence-corrected chi connectivity index (χ4v) is 2.68. The number of hydrogen-bond donors (Lipinski definition) is 0. The summed E-state index contributed by atoms with van der Waals surface area (Å²) in [6.45, 7) is 9.29. The van der Waals surface area contributed by atoms with Gasteiger partial charge < -0.3 is 0 Å². The van der Waals surface area contributed by atoms with E-state index in [0.29, 0.717) is 5.56 Å². The van der Waals surface area contributed by atoms with Crippen LogP contribution in [0.15, 0.2) is 30.3 Å². The minimum Gasteiger partial charge on any atom is -0.299 e. The van der Waals surface area contributed by atoms with E-state index in [-0.39, 0.29) is 5.41 Å². The van der Waals surface area contributed by atoms with Crippen LogP contribution < -0.4 is 0 Å². The van der Waals surface area contributed by atoms with E-state index in [2.05, 4.69) is 31.7 Å². The molecule has 0 N–H and O–H groups in total. The first kappa shape index (κ1) is 16.1. The predicted octanol–water partition coefficient (Wildman–Crippen LogP) is 4.84. The van der Waals surface area contributed by atoms with Gasteiger partial charge in [0.25, 0.3) is 0 Å². The van der Waals surface area contributed by atoms with Crippen LogP contribution >= 0.6 is 0 Å². The van der Waals surface area contributed by atoms with Gasteiger partial charge in [-0.1, -0.05) is 39.0 Å². The van der Waals surface area contributed by atoms with Gasteiger partial charge in [-0.15, -0.1) is 0 Å². The molecule has 0 aliphatic carbocycles. The fraction of sp³-hybridized carbons (Fsp3) is 0.529. The van der Waals surface area contributed by atoms with Crippen LogP contribution in [0.2, 0.25) is 0 Å². The van der Waals surface area contributed by atoms with E-state index >= 15 is 0 Å². The Labute approximate surface area is 124 Å². The quantitative estimate of drug-likeness (QED) is 0.755. The number of hydrogen-bond acceptors (Lipinski definition) is 1. The van der Waals surface area contributed by atoms with Crippen molar-refractivity contribution in [3.05, 3.63) is 41.5 Å². The van der Waals surface area contributed by atoms with Crippen LogP contribution in [0.5, 0.6) is 0 Å². The van der Waals surface area contributed by atoms with Crippen LogP contribution in [0.1, 0.15) is 38.3 Å². The maximum absolute atomic E-state index is 12.8. The van der Waals surface area contributed by atoms with Gasteiger partial charge >= 0.3 is 6.18 Å². The van der Waals surface area contributed by atoms with Crippen molar-refractivity contribution in [1.82, 2.24) is 4.90 Å². The Kier molecular flexibility index (Phi) is 4.47. The molecule has 0 amide bonds. The number of benzene rings is 1. The average Bonchev–Trinajstić information content (AvgIpc) is 2.37. The van der Waals surface area contributed by atoms with Crippen molar-refractivity contribution in [1.29, 1.82) is 0 Å². The van der Waals surface area contributed by atoms with Crippen molar-refractivity contribution in [3.63, 3.8) is 0 Å². The van der Waals surface area contributed by atoms with Gasteiger partial charge in [-0.05, 0) is 35.1 Å². The Balaban J connectivity index is 2.11. The Morgan fingerprint density at radius 2 is 1.86 bits per heavy atom. The zero-order valence-corrected chi connectivity index (χ0v) is 12.8. The van der Waals surface area contributed by atoms with Gasteiger partial charge in [-0.2, -0.15) is 13.2 Å². The highest BCUT2D eigenvalue weighted by Gasteiger charge is 2.30. The molecule has 0 spiro atoms. The molecule has 21 heavy (non-hydrogen) atoms. The van der Waals surface area contributed by atoms with Crippen LogP contribution in [0.3, 0.4) is 0 Å². The van der Waals surface area contributed by atoms with Crippen molar-refractivity contribution in [2.45, 2.75) is 33.4 Å². The van der Waals surface area contributed by atoms with Gasteiger partial charge in [0.1, 0.15) is 0 Å². The van der Waals surface area contributed by atoms with Gasteiger partial charge in [0.2, 0.25) is 0 Å². The molecule has 0 aromatic heterocycles. The minimum absolute atomic E-state index is 0.238. The first-order valence-corrected chi connectivity index (χ1v) is 7.24. The van der Waals surface area contributed by atoms with Crippen molar-refractivity contribution in [2.24, 2.45) is 5.41 Å². The van der Waals surface area contributed by atoms with E-state index in [1.807, 2.05) is 0 Å². The summed E-state index contributed by atoms with van der Waals surface area (Å²) in [6.07, 6.45) is -1.41. The van der Waals surface area contributed by atoms with Gasteiger partial charge in [0.05, 0.1) is 5.56 Å². The summed E-state index contributed by atoms with van der Waals surface area (Å²) >= 11 is 0. The van der Waals surface area contributed by atoms with Crippen LogP contribution in [0, 0.1) is 5.41 Å². The van der Waals surface area contributed by atoms with Crippen LogP contribution in [-0.4, -0.2) is 24.5 Å². The highest BCUT2D eigenvalue weighted by molar-refractivity contribution is 5.67. The Morgan fingerprint density at radius 1 is 1.14 bits per heavy atom. The summed E-state index contributed by atoms with van der Waals surface area (Å²) < 4.78 is 38.3. The molecule has 1 heterocycles. The van der Waals surface area contributed by atoms with Crippen LogP contribution in [0.4, 0.5) is 13.2 Å². The molecule has 1 aliphatic heterocycles. The zero-order valence-electron chi connectivity index (χ0n) is 12.8. The summed E-state index contributed by atoms with van der Waals surface area (Å²) in [7, 11) is 0. The first-order valence-electron chi connectivity index (χ1n) is 7.24. The van der Waals surface area contributed by atoms with E-state index in [0.717, 1.165) is 37.7 Å². The first-order chi connectivity index (χ1) is 9.65. The monoisotopic (exact) mass is 297 g/mol. The lowest BCUT2D eigenvalue weighted by Crippen LogP contribution is -2.35. The molecule has 2 rings (SSSR count). The lowest BCUT2D eigenvalue weighted by atomic mass is 9.93. The van der Waals surface area contributed by atoms with Crippen molar-refractivity contribution >= 4 is 5.57 Å². The molecular formula is C17H22F3N. The maximum atomic E-state index is 12.8. The molecule has 0 saturated carbocycles. The molecule has 0 bridgehead atoms. The number of rotatable bonds is 2. The topological polar surface area (TPSA) is 3.24 Å². The third kappa shape index (κ3) is 4.60. The lowest BCUT2D eigenvalue weighted by Gasteiger charge is -2.32. The summed E-state index contributed by atoms with van der Waals surface area (Å²) in [5.74, 6) is 0. The Morgan fingerprint density at radius 3 is 2.38 bits per heavy atom. The SMILES string of the molecule is CC(C)(C)CN1CC=C(c2cccc(C(F)(F)F)c2)CC1. The molecule has 116 valence electrons. The molecule has 1 aliphatic rings. The summed E-state index contributed by atoms with van der Waals surface area (Å²) in [5.41, 5.74) is 1.38. The summed E-state index contributed by atoms with van der Waals surface area (Å²) in [5, 5.41) is 0. The van der Waals surface area contributed by atoms with Gasteiger partial charge in [0, 0.05) is 19.6 Å². The maximum Gasteiger partial charge on any atom is 0.416 e. The zero-order chi connectivity index (χ0) is 15.7. The molecule has 1 aromatic carbocycles. The van der Waals surface area contributed by atoms with E-state index in [4.69, 9.17) is 0 Å².